The largest absolute Gasteiger partial charge is 0.340 e. The first-order chi connectivity index (χ1) is 9.18. The molecule has 104 valence electrons. The fourth-order valence-electron chi connectivity index (χ4n) is 2.77. The molecule has 2 rings (SSSR count). The highest BCUT2D eigenvalue weighted by molar-refractivity contribution is 5.77. The third-order valence-electron chi connectivity index (χ3n) is 4.00. The lowest BCUT2D eigenvalue weighted by Gasteiger charge is -2.28. The van der Waals surface area contributed by atoms with Crippen molar-refractivity contribution < 1.29 is 4.79 Å². The molecule has 1 saturated heterocycles. The number of benzene rings is 1. The third kappa shape index (κ3) is 3.80. The summed E-state index contributed by atoms with van der Waals surface area (Å²) in [6, 6.07) is 10.0. The van der Waals surface area contributed by atoms with Crippen molar-refractivity contribution >= 4 is 5.91 Å². The van der Waals surface area contributed by atoms with Gasteiger partial charge < -0.3 is 10.6 Å². The normalized spacial score (nSPS) is 21.8. The minimum atomic E-state index is -0.191. The second-order valence-electron chi connectivity index (χ2n) is 5.51. The second-order valence-corrected chi connectivity index (χ2v) is 5.51. The summed E-state index contributed by atoms with van der Waals surface area (Å²) in [5.74, 6) is 0.200. The summed E-state index contributed by atoms with van der Waals surface area (Å²) >= 11 is 0. The molecule has 0 aromatic heterocycles. The molecule has 0 radical (unpaired) electrons. The Kier molecular flexibility index (Phi) is 4.97. The van der Waals surface area contributed by atoms with Gasteiger partial charge in [0.15, 0.2) is 0 Å². The predicted molar refractivity (Wildman–Crippen MR) is 77.6 cm³/mol. The van der Waals surface area contributed by atoms with E-state index in [1.165, 1.54) is 12.8 Å². The van der Waals surface area contributed by atoms with Crippen molar-refractivity contribution in [3.63, 3.8) is 0 Å². The van der Waals surface area contributed by atoms with Gasteiger partial charge in [0.25, 0.3) is 0 Å². The number of likely N-dealkylation sites (tertiary alicyclic amines) is 1. The van der Waals surface area contributed by atoms with Crippen LogP contribution in [0.1, 0.15) is 50.6 Å². The molecule has 3 nitrogen and oxygen atoms in total. The molecular formula is C16H24N2O. The topological polar surface area (TPSA) is 46.3 Å². The van der Waals surface area contributed by atoms with Crippen molar-refractivity contribution in [2.24, 2.45) is 5.73 Å². The first-order valence-corrected chi connectivity index (χ1v) is 7.28. The van der Waals surface area contributed by atoms with Gasteiger partial charge in [-0.1, -0.05) is 43.2 Å². The van der Waals surface area contributed by atoms with E-state index in [0.717, 1.165) is 24.9 Å². The van der Waals surface area contributed by atoms with Gasteiger partial charge in [-0.2, -0.15) is 0 Å². The Labute approximate surface area is 115 Å². The first-order valence-electron chi connectivity index (χ1n) is 7.28. The number of nitrogens with zero attached hydrogens (tertiary/aromatic N) is 1. The average Bonchev–Trinajstić information content (AvgIpc) is 2.64. The van der Waals surface area contributed by atoms with Crippen molar-refractivity contribution in [1.29, 1.82) is 0 Å². The minimum absolute atomic E-state index is 0.191. The number of hydrogen-bond acceptors (Lipinski definition) is 2. The van der Waals surface area contributed by atoms with E-state index >= 15 is 0 Å². The zero-order valence-corrected chi connectivity index (χ0v) is 11.7. The maximum atomic E-state index is 12.4. The van der Waals surface area contributed by atoms with Crippen LogP contribution in [0, 0.1) is 0 Å². The Hall–Kier alpha value is -1.35. The zero-order chi connectivity index (χ0) is 13.7. The lowest BCUT2D eigenvalue weighted by atomic mass is 10.0. The standard InChI is InChI=1S/C16H24N2O/c1-13-8-4-3-7-11-18(13)16(19)12-15(17)14-9-5-2-6-10-14/h2,5-6,9-10,13,15H,3-4,7-8,11-12,17H2,1H3/t13-,15+/m1/s1. The summed E-state index contributed by atoms with van der Waals surface area (Å²) in [4.78, 5) is 14.4. The molecule has 0 saturated carbocycles. The molecule has 0 aliphatic carbocycles. The fraction of sp³-hybridized carbons (Fsp3) is 0.562. The number of carbonyl (C=O) groups excluding carboxylic acids is 1. The molecular weight excluding hydrogens is 236 g/mol. The average molecular weight is 260 g/mol. The van der Waals surface area contributed by atoms with Crippen molar-refractivity contribution in [3.8, 4) is 0 Å². The van der Waals surface area contributed by atoms with Crippen LogP contribution in [0.3, 0.4) is 0 Å². The van der Waals surface area contributed by atoms with Crippen LogP contribution in [0.5, 0.6) is 0 Å². The highest BCUT2D eigenvalue weighted by Crippen LogP contribution is 2.20. The van der Waals surface area contributed by atoms with Gasteiger partial charge in [-0.25, -0.2) is 0 Å². The van der Waals surface area contributed by atoms with Crippen molar-refractivity contribution in [2.75, 3.05) is 6.54 Å². The summed E-state index contributed by atoms with van der Waals surface area (Å²) in [6.07, 6.45) is 5.12. The van der Waals surface area contributed by atoms with Crippen LogP contribution < -0.4 is 5.73 Å². The number of amides is 1. The monoisotopic (exact) mass is 260 g/mol. The Morgan fingerprint density at radius 2 is 2.05 bits per heavy atom. The molecule has 1 heterocycles. The number of nitrogens with two attached hydrogens (primary N) is 1. The Balaban J connectivity index is 1.96. The summed E-state index contributed by atoms with van der Waals surface area (Å²) in [6.45, 7) is 3.04. The molecule has 2 atom stereocenters. The van der Waals surface area contributed by atoms with E-state index in [1.54, 1.807) is 0 Å². The number of hydrogen-bond donors (Lipinski definition) is 1. The van der Waals surface area contributed by atoms with E-state index in [-0.39, 0.29) is 11.9 Å². The molecule has 1 aliphatic heterocycles. The van der Waals surface area contributed by atoms with Gasteiger partial charge >= 0.3 is 0 Å². The van der Waals surface area contributed by atoms with E-state index in [9.17, 15) is 4.79 Å². The number of rotatable bonds is 3. The van der Waals surface area contributed by atoms with E-state index in [1.807, 2.05) is 35.2 Å². The molecule has 1 aromatic rings. The van der Waals surface area contributed by atoms with Gasteiger partial charge in [0, 0.05) is 25.0 Å². The quantitative estimate of drug-likeness (QED) is 0.908. The summed E-state index contributed by atoms with van der Waals surface area (Å²) in [5.41, 5.74) is 7.18. The smallest absolute Gasteiger partial charge is 0.224 e. The molecule has 1 aromatic carbocycles. The molecule has 1 aliphatic rings. The predicted octanol–water partition coefficient (Wildman–Crippen LogP) is 2.87. The van der Waals surface area contributed by atoms with E-state index in [0.29, 0.717) is 12.5 Å². The first kappa shape index (κ1) is 14.1. The Morgan fingerprint density at radius 1 is 1.32 bits per heavy atom. The van der Waals surface area contributed by atoms with Crippen LogP contribution in [0.15, 0.2) is 30.3 Å². The van der Waals surface area contributed by atoms with Crippen LogP contribution in [0.25, 0.3) is 0 Å². The van der Waals surface area contributed by atoms with Crippen LogP contribution in [-0.4, -0.2) is 23.4 Å². The second kappa shape index (κ2) is 6.71. The SMILES string of the molecule is C[C@@H]1CCCCCN1C(=O)C[C@H](N)c1ccccc1. The lowest BCUT2D eigenvalue weighted by Crippen LogP contribution is -2.39. The van der Waals surface area contributed by atoms with Crippen molar-refractivity contribution in [3.05, 3.63) is 35.9 Å². The zero-order valence-electron chi connectivity index (χ0n) is 11.7. The van der Waals surface area contributed by atoms with Gasteiger partial charge in [-0.15, -0.1) is 0 Å². The molecule has 0 bridgehead atoms. The summed E-state index contributed by atoms with van der Waals surface area (Å²) < 4.78 is 0. The maximum absolute atomic E-state index is 12.4. The Morgan fingerprint density at radius 3 is 2.79 bits per heavy atom. The summed E-state index contributed by atoms with van der Waals surface area (Å²) in [5, 5.41) is 0. The molecule has 0 unspecified atom stereocenters. The molecule has 0 spiro atoms. The van der Waals surface area contributed by atoms with Crippen LogP contribution in [-0.2, 0) is 4.79 Å². The summed E-state index contributed by atoms with van der Waals surface area (Å²) in [7, 11) is 0. The van der Waals surface area contributed by atoms with Gasteiger partial charge in [0.05, 0.1) is 0 Å². The molecule has 2 N–H and O–H groups in total. The van der Waals surface area contributed by atoms with E-state index in [4.69, 9.17) is 5.73 Å². The van der Waals surface area contributed by atoms with E-state index < -0.39 is 0 Å². The van der Waals surface area contributed by atoms with Crippen molar-refractivity contribution in [1.82, 2.24) is 4.90 Å². The van der Waals surface area contributed by atoms with Gasteiger partial charge in [-0.05, 0) is 25.3 Å². The lowest BCUT2D eigenvalue weighted by molar-refractivity contribution is -0.133. The van der Waals surface area contributed by atoms with Crippen LogP contribution in [0.4, 0.5) is 0 Å². The minimum Gasteiger partial charge on any atom is -0.340 e. The molecule has 1 amide bonds. The fourth-order valence-corrected chi connectivity index (χ4v) is 2.77. The molecule has 3 heteroatoms. The highest BCUT2D eigenvalue weighted by Gasteiger charge is 2.23. The van der Waals surface area contributed by atoms with Gasteiger partial charge in [0.2, 0.25) is 5.91 Å². The van der Waals surface area contributed by atoms with Crippen molar-refractivity contribution in [2.45, 2.75) is 51.1 Å². The van der Waals surface area contributed by atoms with E-state index in [2.05, 4.69) is 6.92 Å². The van der Waals surface area contributed by atoms with Crippen LogP contribution in [0.2, 0.25) is 0 Å². The van der Waals surface area contributed by atoms with Gasteiger partial charge in [-0.3, -0.25) is 4.79 Å². The highest BCUT2D eigenvalue weighted by atomic mass is 16.2. The third-order valence-corrected chi connectivity index (χ3v) is 4.00. The molecule has 1 fully saturated rings. The number of carbonyl (C=O) groups is 1. The van der Waals surface area contributed by atoms with Gasteiger partial charge in [0.1, 0.15) is 0 Å². The Bertz CT molecular complexity index is 404. The molecule has 19 heavy (non-hydrogen) atoms. The maximum Gasteiger partial charge on any atom is 0.224 e. The van der Waals surface area contributed by atoms with Crippen LogP contribution >= 0.6 is 0 Å².